The van der Waals surface area contributed by atoms with Crippen molar-refractivity contribution < 1.29 is 9.59 Å². The molecule has 1 amide bonds. The van der Waals surface area contributed by atoms with E-state index in [1.54, 1.807) is 6.07 Å². The summed E-state index contributed by atoms with van der Waals surface area (Å²) in [5.74, 6) is -0.209. The maximum absolute atomic E-state index is 12.6. The van der Waals surface area contributed by atoms with Crippen LogP contribution in [0, 0.1) is 12.3 Å². The Labute approximate surface area is 153 Å². The van der Waals surface area contributed by atoms with Gasteiger partial charge in [-0.2, -0.15) is 0 Å². The number of Topliss-reactive ketones (excluding diaryl/α,β-unsaturated/α-hetero) is 1. The van der Waals surface area contributed by atoms with E-state index in [9.17, 15) is 9.59 Å². The molecule has 1 heterocycles. The Morgan fingerprint density at radius 2 is 2.00 bits per heavy atom. The lowest BCUT2D eigenvalue weighted by atomic mass is 9.75. The first-order chi connectivity index (χ1) is 12.2. The van der Waals surface area contributed by atoms with Crippen molar-refractivity contribution in [1.82, 2.24) is 4.57 Å². The van der Waals surface area contributed by atoms with Crippen LogP contribution in [-0.4, -0.2) is 22.3 Å². The smallest absolute Gasteiger partial charge is 0.250 e. The van der Waals surface area contributed by atoms with Gasteiger partial charge in [-0.1, -0.05) is 13.8 Å². The summed E-state index contributed by atoms with van der Waals surface area (Å²) in [7, 11) is 0. The highest BCUT2D eigenvalue weighted by atomic mass is 16.1. The molecule has 0 aliphatic heterocycles. The Morgan fingerprint density at radius 1 is 1.27 bits per heavy atom. The fourth-order valence-corrected chi connectivity index (χ4v) is 3.97. The molecule has 0 spiro atoms. The van der Waals surface area contributed by atoms with Crippen LogP contribution in [0.4, 0.5) is 5.69 Å². The Balaban J connectivity index is 1.82. The zero-order chi connectivity index (χ0) is 18.6. The van der Waals surface area contributed by atoms with Gasteiger partial charge < -0.3 is 15.6 Å². The summed E-state index contributed by atoms with van der Waals surface area (Å²) in [6.45, 7) is 6.26. The lowest BCUT2D eigenvalue weighted by Gasteiger charge is -2.30. The number of nitrogens with one attached hydrogen (secondary N) is 1. The Morgan fingerprint density at radius 3 is 2.65 bits per heavy atom. The minimum absolute atomic E-state index is 0.0467. The van der Waals surface area contributed by atoms with Gasteiger partial charge in [0.2, 0.25) is 0 Å². The van der Waals surface area contributed by atoms with Gasteiger partial charge in [-0.3, -0.25) is 9.59 Å². The second kappa shape index (κ2) is 5.73. The molecule has 0 atom stereocenters. The van der Waals surface area contributed by atoms with Gasteiger partial charge in [-0.15, -0.1) is 0 Å². The molecule has 4 rings (SSSR count). The van der Waals surface area contributed by atoms with E-state index in [2.05, 4.69) is 23.7 Å². The van der Waals surface area contributed by atoms with E-state index < -0.39 is 5.91 Å². The number of aryl methyl sites for hydroxylation is 1. The van der Waals surface area contributed by atoms with Crippen LogP contribution in [0.25, 0.3) is 5.69 Å². The van der Waals surface area contributed by atoms with Gasteiger partial charge in [0.1, 0.15) is 0 Å². The van der Waals surface area contributed by atoms with Crippen molar-refractivity contribution in [1.29, 1.82) is 0 Å². The first-order valence-electron chi connectivity index (χ1n) is 9.20. The molecular formula is C21H25N3O2. The molecule has 2 aromatic rings. The van der Waals surface area contributed by atoms with Crippen LogP contribution in [0.3, 0.4) is 0 Å². The number of rotatable bonds is 4. The first kappa shape index (κ1) is 16.9. The number of primary amides is 1. The summed E-state index contributed by atoms with van der Waals surface area (Å²) in [6.07, 6.45) is 5.70. The average Bonchev–Trinajstić information content (AvgIpc) is 3.28. The zero-order valence-corrected chi connectivity index (χ0v) is 15.6. The molecule has 5 nitrogen and oxygen atoms in total. The first-order valence-corrected chi connectivity index (χ1v) is 9.20. The highest BCUT2D eigenvalue weighted by molar-refractivity contribution is 6.01. The summed E-state index contributed by atoms with van der Waals surface area (Å²) >= 11 is 0. The third-order valence-electron chi connectivity index (χ3n) is 5.34. The number of benzene rings is 1. The number of hydrogen-bond donors (Lipinski definition) is 2. The summed E-state index contributed by atoms with van der Waals surface area (Å²) in [4.78, 5) is 24.4. The number of nitrogens with two attached hydrogens (primary N) is 1. The normalized spacial score (nSPS) is 18.5. The molecule has 0 radical (unpaired) electrons. The predicted octanol–water partition coefficient (Wildman–Crippen LogP) is 3.61. The average molecular weight is 351 g/mol. The second-order valence-electron chi connectivity index (χ2n) is 8.46. The molecule has 26 heavy (non-hydrogen) atoms. The summed E-state index contributed by atoms with van der Waals surface area (Å²) in [5, 5.41) is 3.41. The standard InChI is InChI=1S/C21H25N3O2/c1-12-11-24(17-9-21(2,3)10-18(25)19(12)17)14-6-7-15(20(22)26)16(8-14)23-13-4-5-13/h6-8,11,13,23H,4-5,9-10H2,1-3H3,(H2,22,26). The van der Waals surface area contributed by atoms with Crippen LogP contribution < -0.4 is 11.1 Å². The zero-order valence-electron chi connectivity index (χ0n) is 15.6. The molecule has 2 aliphatic rings. The van der Waals surface area contributed by atoms with E-state index in [4.69, 9.17) is 5.73 Å². The number of hydrogen-bond acceptors (Lipinski definition) is 3. The molecule has 3 N–H and O–H groups in total. The quantitative estimate of drug-likeness (QED) is 0.883. The fourth-order valence-electron chi connectivity index (χ4n) is 3.97. The van der Waals surface area contributed by atoms with Crippen molar-refractivity contribution in [2.75, 3.05) is 5.32 Å². The van der Waals surface area contributed by atoms with E-state index >= 15 is 0 Å². The minimum Gasteiger partial charge on any atom is -0.382 e. The molecule has 0 saturated heterocycles. The van der Waals surface area contributed by atoms with Gasteiger partial charge in [0.25, 0.3) is 5.91 Å². The highest BCUT2D eigenvalue weighted by Crippen LogP contribution is 2.38. The molecule has 1 aromatic carbocycles. The second-order valence-corrected chi connectivity index (χ2v) is 8.46. The van der Waals surface area contributed by atoms with Gasteiger partial charge in [-0.05, 0) is 55.4 Å². The number of carbonyl (C=O) groups is 2. The number of nitrogens with zero attached hydrogens (tertiary/aromatic N) is 1. The molecule has 2 aliphatic carbocycles. The van der Waals surface area contributed by atoms with Crippen molar-refractivity contribution in [3.8, 4) is 5.69 Å². The fraction of sp³-hybridized carbons (Fsp3) is 0.429. The van der Waals surface area contributed by atoms with Crippen molar-refractivity contribution in [3.63, 3.8) is 0 Å². The third kappa shape index (κ3) is 2.91. The lowest BCUT2D eigenvalue weighted by Crippen LogP contribution is -2.28. The monoisotopic (exact) mass is 351 g/mol. The maximum atomic E-state index is 12.6. The number of aromatic nitrogens is 1. The molecule has 1 saturated carbocycles. The van der Waals surface area contributed by atoms with E-state index in [0.29, 0.717) is 18.0 Å². The van der Waals surface area contributed by atoms with Gasteiger partial charge in [0, 0.05) is 41.3 Å². The van der Waals surface area contributed by atoms with Crippen LogP contribution in [0.1, 0.15) is 65.1 Å². The Kier molecular flexibility index (Phi) is 3.72. The van der Waals surface area contributed by atoms with Crippen molar-refractivity contribution >= 4 is 17.4 Å². The van der Waals surface area contributed by atoms with E-state index in [0.717, 1.165) is 47.5 Å². The maximum Gasteiger partial charge on any atom is 0.250 e. The molecule has 5 heteroatoms. The molecular weight excluding hydrogens is 326 g/mol. The minimum atomic E-state index is -0.429. The van der Waals surface area contributed by atoms with E-state index in [-0.39, 0.29) is 11.2 Å². The highest BCUT2D eigenvalue weighted by Gasteiger charge is 2.35. The lowest BCUT2D eigenvalue weighted by molar-refractivity contribution is 0.0909. The molecule has 1 fully saturated rings. The number of fused-ring (bicyclic) bond motifs is 1. The van der Waals surface area contributed by atoms with E-state index in [1.165, 1.54) is 0 Å². The Hall–Kier alpha value is -2.56. The van der Waals surface area contributed by atoms with Crippen LogP contribution in [0.5, 0.6) is 0 Å². The Bertz CT molecular complexity index is 920. The van der Waals surface area contributed by atoms with Crippen molar-refractivity contribution in [2.24, 2.45) is 11.1 Å². The SMILES string of the molecule is Cc1cn(-c2ccc(C(N)=O)c(NC3CC3)c2)c2c1C(=O)CC(C)(C)C2. The summed E-state index contributed by atoms with van der Waals surface area (Å²) < 4.78 is 2.10. The largest absolute Gasteiger partial charge is 0.382 e. The van der Waals surface area contributed by atoms with Crippen LogP contribution in [0.15, 0.2) is 24.4 Å². The van der Waals surface area contributed by atoms with Crippen LogP contribution >= 0.6 is 0 Å². The van der Waals surface area contributed by atoms with Crippen molar-refractivity contribution in [2.45, 2.75) is 52.5 Å². The molecule has 1 aromatic heterocycles. The number of anilines is 1. The summed E-state index contributed by atoms with van der Waals surface area (Å²) in [5.41, 5.74) is 10.7. The summed E-state index contributed by atoms with van der Waals surface area (Å²) in [6, 6.07) is 6.08. The third-order valence-corrected chi connectivity index (χ3v) is 5.34. The number of amides is 1. The molecule has 0 bridgehead atoms. The van der Waals surface area contributed by atoms with Gasteiger partial charge in [0.15, 0.2) is 5.78 Å². The van der Waals surface area contributed by atoms with Gasteiger partial charge in [0.05, 0.1) is 5.56 Å². The topological polar surface area (TPSA) is 77.1 Å². The van der Waals surface area contributed by atoms with Crippen molar-refractivity contribution in [3.05, 3.63) is 46.8 Å². The molecule has 0 unspecified atom stereocenters. The number of ketones is 1. The number of carbonyl (C=O) groups excluding carboxylic acids is 2. The van der Waals surface area contributed by atoms with Crippen LogP contribution in [0.2, 0.25) is 0 Å². The molecule has 136 valence electrons. The van der Waals surface area contributed by atoms with Crippen LogP contribution in [-0.2, 0) is 6.42 Å². The predicted molar refractivity (Wildman–Crippen MR) is 102 cm³/mol. The van der Waals surface area contributed by atoms with E-state index in [1.807, 2.05) is 25.3 Å². The van der Waals surface area contributed by atoms with Gasteiger partial charge >= 0.3 is 0 Å². The van der Waals surface area contributed by atoms with Gasteiger partial charge in [-0.25, -0.2) is 0 Å².